The number of carboxylic acids is 1. The number of nitrogens with zero attached hydrogens (tertiary/aromatic N) is 1. The Labute approximate surface area is 102 Å². The first-order chi connectivity index (χ1) is 8.65. The second kappa shape index (κ2) is 3.73. The maximum absolute atomic E-state index is 10.7. The van der Waals surface area contributed by atoms with Crippen LogP contribution in [0, 0.1) is 6.92 Å². The molecule has 2 aromatic heterocycles. The fourth-order valence-corrected chi connectivity index (χ4v) is 1.94. The molecular formula is C13H10N2O3. The van der Waals surface area contributed by atoms with E-state index in [1.165, 1.54) is 6.20 Å². The van der Waals surface area contributed by atoms with Crippen molar-refractivity contribution in [3.63, 3.8) is 0 Å². The molecule has 0 aliphatic carbocycles. The maximum atomic E-state index is 10.7. The Morgan fingerprint density at radius 2 is 2.28 bits per heavy atom. The van der Waals surface area contributed by atoms with Gasteiger partial charge in [-0.25, -0.2) is 9.78 Å². The van der Waals surface area contributed by atoms with Crippen LogP contribution < -0.4 is 0 Å². The van der Waals surface area contributed by atoms with Crippen LogP contribution in [0.2, 0.25) is 0 Å². The van der Waals surface area contributed by atoms with Crippen LogP contribution >= 0.6 is 0 Å². The molecule has 2 heterocycles. The molecule has 0 unspecified atom stereocenters. The molecule has 5 nitrogen and oxygen atoms in total. The number of aromatic carboxylic acids is 1. The van der Waals surface area contributed by atoms with E-state index in [-0.39, 0.29) is 5.89 Å². The number of para-hydroxylation sites is 1. The Hall–Kier alpha value is -2.56. The summed E-state index contributed by atoms with van der Waals surface area (Å²) in [6.07, 6.45) is 1.41. The monoisotopic (exact) mass is 242 g/mol. The van der Waals surface area contributed by atoms with E-state index < -0.39 is 5.97 Å². The molecule has 0 atom stereocenters. The molecule has 0 amide bonds. The van der Waals surface area contributed by atoms with Crippen molar-refractivity contribution >= 4 is 16.9 Å². The van der Waals surface area contributed by atoms with E-state index in [1.54, 1.807) is 0 Å². The van der Waals surface area contributed by atoms with Gasteiger partial charge in [0, 0.05) is 10.9 Å². The number of rotatable bonds is 2. The number of aromatic amines is 1. The largest absolute Gasteiger partial charge is 0.474 e. The van der Waals surface area contributed by atoms with Crippen molar-refractivity contribution in [2.75, 3.05) is 0 Å². The standard InChI is InChI=1S/C13H10N2O3/c1-7-3-2-4-8-5-9(15-11(7)8)10-6-14-12(18-10)13(16)17/h2-6,15H,1H3,(H,16,17). The zero-order chi connectivity index (χ0) is 12.7. The third-order valence-corrected chi connectivity index (χ3v) is 2.82. The lowest BCUT2D eigenvalue weighted by Gasteiger charge is -1.93. The molecule has 0 radical (unpaired) electrons. The number of H-pyrrole nitrogens is 1. The zero-order valence-corrected chi connectivity index (χ0v) is 9.60. The van der Waals surface area contributed by atoms with Crippen LogP contribution in [0.3, 0.4) is 0 Å². The predicted octanol–water partition coefficient (Wildman–Crippen LogP) is 2.83. The van der Waals surface area contributed by atoms with Crippen molar-refractivity contribution in [1.82, 2.24) is 9.97 Å². The summed E-state index contributed by atoms with van der Waals surface area (Å²) in [6.45, 7) is 2.01. The van der Waals surface area contributed by atoms with Crippen LogP contribution in [0.5, 0.6) is 0 Å². The lowest BCUT2D eigenvalue weighted by molar-refractivity contribution is 0.0654. The number of benzene rings is 1. The van der Waals surface area contributed by atoms with Crippen molar-refractivity contribution < 1.29 is 14.3 Å². The molecule has 0 saturated heterocycles. The van der Waals surface area contributed by atoms with Crippen LogP contribution in [-0.4, -0.2) is 21.0 Å². The summed E-state index contributed by atoms with van der Waals surface area (Å²) in [5.74, 6) is -1.06. The lowest BCUT2D eigenvalue weighted by atomic mass is 10.2. The molecule has 18 heavy (non-hydrogen) atoms. The molecular weight excluding hydrogens is 232 g/mol. The summed E-state index contributed by atoms with van der Waals surface area (Å²) in [5.41, 5.74) is 2.86. The number of hydrogen-bond donors (Lipinski definition) is 2. The van der Waals surface area contributed by atoms with Gasteiger partial charge in [-0.1, -0.05) is 18.2 Å². The molecule has 0 spiro atoms. The van der Waals surface area contributed by atoms with Crippen LogP contribution in [0.15, 0.2) is 34.9 Å². The van der Waals surface area contributed by atoms with E-state index in [9.17, 15) is 4.79 Å². The van der Waals surface area contributed by atoms with Crippen molar-refractivity contribution in [2.24, 2.45) is 0 Å². The minimum atomic E-state index is -1.17. The number of carboxylic acid groups (broad SMARTS) is 1. The van der Waals surface area contributed by atoms with E-state index in [0.29, 0.717) is 5.76 Å². The molecule has 3 rings (SSSR count). The van der Waals surface area contributed by atoms with Gasteiger partial charge in [-0.3, -0.25) is 0 Å². The molecule has 2 N–H and O–H groups in total. The Balaban J connectivity index is 2.13. The van der Waals surface area contributed by atoms with Crippen LogP contribution in [0.25, 0.3) is 22.4 Å². The first-order valence-electron chi connectivity index (χ1n) is 5.43. The van der Waals surface area contributed by atoms with E-state index in [0.717, 1.165) is 22.2 Å². The molecule has 90 valence electrons. The average Bonchev–Trinajstić information content (AvgIpc) is 2.95. The molecule has 3 aromatic rings. The summed E-state index contributed by atoms with van der Waals surface area (Å²) < 4.78 is 5.16. The highest BCUT2D eigenvalue weighted by atomic mass is 16.4. The summed E-state index contributed by atoms with van der Waals surface area (Å²) in [5, 5.41) is 9.82. The minimum absolute atomic E-state index is 0.305. The quantitative estimate of drug-likeness (QED) is 0.724. The summed E-state index contributed by atoms with van der Waals surface area (Å²) in [7, 11) is 0. The molecule has 0 fully saturated rings. The van der Waals surface area contributed by atoms with Gasteiger partial charge in [-0.2, -0.15) is 0 Å². The van der Waals surface area contributed by atoms with Crippen molar-refractivity contribution in [3.05, 3.63) is 41.9 Å². The predicted molar refractivity (Wildman–Crippen MR) is 65.5 cm³/mol. The van der Waals surface area contributed by atoms with Crippen molar-refractivity contribution in [1.29, 1.82) is 0 Å². The van der Waals surface area contributed by atoms with Gasteiger partial charge in [-0.05, 0) is 18.6 Å². The maximum Gasteiger partial charge on any atom is 0.392 e. The highest BCUT2D eigenvalue weighted by Gasteiger charge is 2.14. The molecule has 0 aliphatic heterocycles. The first kappa shape index (κ1) is 10.6. The van der Waals surface area contributed by atoms with Crippen molar-refractivity contribution in [3.8, 4) is 11.5 Å². The normalized spacial score (nSPS) is 10.9. The van der Waals surface area contributed by atoms with E-state index in [1.807, 2.05) is 31.2 Å². The lowest BCUT2D eigenvalue weighted by Crippen LogP contribution is -1.94. The summed E-state index contributed by atoms with van der Waals surface area (Å²) >= 11 is 0. The Kier molecular flexibility index (Phi) is 2.19. The second-order valence-corrected chi connectivity index (χ2v) is 4.06. The smallest absolute Gasteiger partial charge is 0.392 e. The average molecular weight is 242 g/mol. The number of oxazole rings is 1. The topological polar surface area (TPSA) is 79.1 Å². The highest BCUT2D eigenvalue weighted by molar-refractivity contribution is 5.88. The number of carbonyl (C=O) groups is 1. The van der Waals surface area contributed by atoms with Crippen LogP contribution in [0.4, 0.5) is 0 Å². The molecule has 0 aliphatic rings. The molecule has 5 heteroatoms. The zero-order valence-electron chi connectivity index (χ0n) is 9.60. The van der Waals surface area contributed by atoms with Crippen LogP contribution in [-0.2, 0) is 0 Å². The Morgan fingerprint density at radius 1 is 1.44 bits per heavy atom. The van der Waals surface area contributed by atoms with E-state index >= 15 is 0 Å². The van der Waals surface area contributed by atoms with E-state index in [2.05, 4.69) is 9.97 Å². The third kappa shape index (κ3) is 1.57. The van der Waals surface area contributed by atoms with Gasteiger partial charge in [0.2, 0.25) is 0 Å². The number of aromatic nitrogens is 2. The fourth-order valence-electron chi connectivity index (χ4n) is 1.94. The minimum Gasteiger partial charge on any atom is -0.474 e. The SMILES string of the molecule is Cc1cccc2cc(-c3cnc(C(=O)O)o3)[nH]c12. The molecule has 1 aromatic carbocycles. The van der Waals surface area contributed by atoms with Gasteiger partial charge in [0.25, 0.3) is 0 Å². The van der Waals surface area contributed by atoms with Gasteiger partial charge >= 0.3 is 11.9 Å². The van der Waals surface area contributed by atoms with Crippen molar-refractivity contribution in [2.45, 2.75) is 6.92 Å². The van der Waals surface area contributed by atoms with Gasteiger partial charge in [0.15, 0.2) is 5.76 Å². The highest BCUT2D eigenvalue weighted by Crippen LogP contribution is 2.26. The van der Waals surface area contributed by atoms with Crippen LogP contribution in [0.1, 0.15) is 16.2 Å². The number of hydrogen-bond acceptors (Lipinski definition) is 3. The third-order valence-electron chi connectivity index (χ3n) is 2.82. The second-order valence-electron chi connectivity index (χ2n) is 4.06. The molecule has 0 bridgehead atoms. The number of nitrogens with one attached hydrogen (secondary N) is 1. The first-order valence-corrected chi connectivity index (χ1v) is 5.43. The number of aryl methyl sites for hydroxylation is 1. The summed E-state index contributed by atoms with van der Waals surface area (Å²) in [6, 6.07) is 7.87. The molecule has 0 saturated carbocycles. The Bertz CT molecular complexity index is 740. The fraction of sp³-hybridized carbons (Fsp3) is 0.0769. The van der Waals surface area contributed by atoms with Gasteiger partial charge in [0.1, 0.15) is 0 Å². The summed E-state index contributed by atoms with van der Waals surface area (Å²) in [4.78, 5) is 17.6. The van der Waals surface area contributed by atoms with Gasteiger partial charge in [-0.15, -0.1) is 0 Å². The number of fused-ring (bicyclic) bond motifs is 1. The Morgan fingerprint density at radius 3 is 2.94 bits per heavy atom. The van der Waals surface area contributed by atoms with Gasteiger partial charge in [0.05, 0.1) is 11.9 Å². The van der Waals surface area contributed by atoms with Gasteiger partial charge < -0.3 is 14.5 Å². The van der Waals surface area contributed by atoms with E-state index in [4.69, 9.17) is 9.52 Å².